The van der Waals surface area contributed by atoms with Crippen LogP contribution in [0.4, 0.5) is 0 Å². The number of halogens is 1. The molecule has 2 heterocycles. The van der Waals surface area contributed by atoms with Crippen LogP contribution in [0.1, 0.15) is 46.2 Å². The third-order valence-corrected chi connectivity index (χ3v) is 8.49. The molecule has 6 rings (SSSR count). The van der Waals surface area contributed by atoms with Crippen molar-refractivity contribution in [2.75, 3.05) is 13.1 Å². The van der Waals surface area contributed by atoms with Crippen molar-refractivity contribution in [3.8, 4) is 0 Å². The largest absolute Gasteiger partial charge is 0.392 e. The number of carbonyl (C=O) groups is 2. The number of hydrogen-bond donors (Lipinski definition) is 1. The molecule has 4 aliphatic rings. The van der Waals surface area contributed by atoms with Gasteiger partial charge in [0.1, 0.15) is 0 Å². The first kappa shape index (κ1) is 23.6. The van der Waals surface area contributed by atoms with Crippen molar-refractivity contribution in [3.05, 3.63) is 69.8 Å². The zero-order valence-electron chi connectivity index (χ0n) is 20.0. The van der Waals surface area contributed by atoms with Gasteiger partial charge in [0, 0.05) is 43.3 Å². The number of carbonyl (C=O) groups excluding carboxylic acids is 2. The Morgan fingerprint density at radius 2 is 1.29 bits per heavy atom. The molecule has 5 nitrogen and oxygen atoms in total. The number of aliphatic hydroxyl groups excluding tert-OH is 1. The fourth-order valence-electron chi connectivity index (χ4n) is 5.48. The highest BCUT2D eigenvalue weighted by Gasteiger charge is 2.52. The Labute approximate surface area is 210 Å². The average Bonchev–Trinajstić information content (AvgIpc) is 3.71. The van der Waals surface area contributed by atoms with E-state index in [0.29, 0.717) is 35.5 Å². The lowest BCUT2D eigenvalue weighted by Crippen LogP contribution is -2.27. The van der Waals surface area contributed by atoms with E-state index in [-0.39, 0.29) is 6.61 Å². The van der Waals surface area contributed by atoms with Crippen molar-refractivity contribution in [1.82, 2.24) is 9.80 Å². The van der Waals surface area contributed by atoms with Crippen LogP contribution >= 0.6 is 15.9 Å². The Bertz CT molecular complexity index is 1030. The maximum atomic E-state index is 11.9. The third kappa shape index (κ3) is 4.80. The van der Waals surface area contributed by atoms with Crippen molar-refractivity contribution < 1.29 is 14.7 Å². The molecule has 2 saturated carbocycles. The van der Waals surface area contributed by atoms with Gasteiger partial charge in [-0.2, -0.15) is 0 Å². The molecule has 2 aliphatic heterocycles. The van der Waals surface area contributed by atoms with Crippen LogP contribution in [-0.4, -0.2) is 39.8 Å². The van der Waals surface area contributed by atoms with Crippen LogP contribution in [0.25, 0.3) is 0 Å². The van der Waals surface area contributed by atoms with Crippen molar-refractivity contribution in [2.45, 2.75) is 51.7 Å². The van der Waals surface area contributed by atoms with E-state index in [9.17, 15) is 9.59 Å². The van der Waals surface area contributed by atoms with Gasteiger partial charge >= 0.3 is 0 Å². The zero-order valence-corrected chi connectivity index (χ0v) is 21.6. The Kier molecular flexibility index (Phi) is 6.56. The molecular formula is C28H33BrN2O3. The van der Waals surface area contributed by atoms with E-state index >= 15 is 0 Å². The smallest absolute Gasteiger partial charge is 0.226 e. The van der Waals surface area contributed by atoms with Crippen molar-refractivity contribution in [2.24, 2.45) is 23.7 Å². The van der Waals surface area contributed by atoms with Gasteiger partial charge in [-0.05, 0) is 71.9 Å². The predicted molar refractivity (Wildman–Crippen MR) is 135 cm³/mol. The molecule has 2 aromatic rings. The number of rotatable bonds is 6. The molecule has 4 fully saturated rings. The summed E-state index contributed by atoms with van der Waals surface area (Å²) in [6, 6.07) is 12.5. The van der Waals surface area contributed by atoms with Gasteiger partial charge in [0.2, 0.25) is 11.8 Å². The number of fused-ring (bicyclic) bond motifs is 2. The summed E-state index contributed by atoms with van der Waals surface area (Å²) in [7, 11) is 0. The van der Waals surface area contributed by atoms with Crippen LogP contribution in [0.2, 0.25) is 0 Å². The molecule has 4 atom stereocenters. The molecule has 6 heteroatoms. The Morgan fingerprint density at radius 1 is 0.824 bits per heavy atom. The minimum Gasteiger partial charge on any atom is -0.392 e. The van der Waals surface area contributed by atoms with Gasteiger partial charge in [-0.3, -0.25) is 9.59 Å². The molecule has 0 spiro atoms. The van der Waals surface area contributed by atoms with Gasteiger partial charge < -0.3 is 14.9 Å². The van der Waals surface area contributed by atoms with Gasteiger partial charge in [0.05, 0.1) is 6.61 Å². The van der Waals surface area contributed by atoms with E-state index in [1.54, 1.807) is 0 Å². The number of hydrogen-bond acceptors (Lipinski definition) is 3. The second-order valence-electron chi connectivity index (χ2n) is 10.5. The summed E-state index contributed by atoms with van der Waals surface area (Å²) in [4.78, 5) is 27.7. The maximum absolute atomic E-state index is 11.9. The topological polar surface area (TPSA) is 60.9 Å². The van der Waals surface area contributed by atoms with Crippen LogP contribution in [0.5, 0.6) is 0 Å². The van der Waals surface area contributed by atoms with Gasteiger partial charge in [0.25, 0.3) is 0 Å². The number of benzene rings is 2. The first-order valence-corrected chi connectivity index (χ1v) is 13.4. The summed E-state index contributed by atoms with van der Waals surface area (Å²) in [6.07, 6.45) is 2.24. The summed E-state index contributed by atoms with van der Waals surface area (Å²) in [5.74, 6) is 2.73. The van der Waals surface area contributed by atoms with Crippen molar-refractivity contribution in [3.63, 3.8) is 0 Å². The van der Waals surface area contributed by atoms with Crippen LogP contribution in [0.15, 0.2) is 36.4 Å². The molecule has 4 unspecified atom stereocenters. The minimum absolute atomic E-state index is 0.0822. The van der Waals surface area contributed by atoms with Gasteiger partial charge in [-0.15, -0.1) is 0 Å². The summed E-state index contributed by atoms with van der Waals surface area (Å²) in [5.41, 5.74) is 7.10. The molecule has 2 aromatic carbocycles. The maximum Gasteiger partial charge on any atom is 0.226 e. The van der Waals surface area contributed by atoms with E-state index in [1.165, 1.54) is 16.7 Å². The number of aliphatic hydroxyl groups is 1. The first-order chi connectivity index (χ1) is 16.4. The molecule has 0 aromatic heterocycles. The van der Waals surface area contributed by atoms with Crippen LogP contribution in [-0.2, 0) is 34.6 Å². The quantitative estimate of drug-likeness (QED) is 0.572. The number of nitrogens with zero attached hydrogens (tertiary/aromatic N) is 2. The monoisotopic (exact) mass is 524 g/mol. The molecule has 1 N–H and O–H groups in total. The SMILES string of the molecule is Cc1cc(CN2CC3CC3C2=O)ccc1CBr.Cc1cc(CN2CC3CC3C2=O)ccc1CO. The van der Waals surface area contributed by atoms with Crippen molar-refractivity contribution >= 4 is 27.7 Å². The predicted octanol–water partition coefficient (Wildman–Crippen LogP) is 4.33. The Morgan fingerprint density at radius 3 is 1.65 bits per heavy atom. The summed E-state index contributed by atoms with van der Waals surface area (Å²) in [5, 5.41) is 10.0. The van der Waals surface area contributed by atoms with Gasteiger partial charge in [0.15, 0.2) is 0 Å². The lowest BCUT2D eigenvalue weighted by Gasteiger charge is -2.18. The third-order valence-electron chi connectivity index (χ3n) is 7.89. The number of aryl methyl sites for hydroxylation is 2. The molecule has 0 radical (unpaired) electrons. The molecule has 2 saturated heterocycles. The second-order valence-corrected chi connectivity index (χ2v) is 11.0. The molecule has 34 heavy (non-hydrogen) atoms. The normalized spacial score (nSPS) is 26.2. The standard InChI is InChI=1S/C14H16BrNO.C14H17NO2/c1-9-4-10(2-3-11(9)6-15)7-16-8-12-5-13(12)14(16)17;1-9-4-10(2-3-11(9)8-16)6-15-7-12-5-13(12)14(15)17/h2-4,12-13H,5-8H2,1H3;2-4,12-13,16H,5-8H2,1H3. The van der Waals surface area contributed by atoms with Crippen LogP contribution in [0, 0.1) is 37.5 Å². The summed E-state index contributed by atoms with van der Waals surface area (Å²) >= 11 is 3.48. The second kappa shape index (κ2) is 9.46. The molecule has 180 valence electrons. The van der Waals surface area contributed by atoms with Crippen LogP contribution in [0.3, 0.4) is 0 Å². The van der Waals surface area contributed by atoms with Crippen molar-refractivity contribution in [1.29, 1.82) is 0 Å². The molecular weight excluding hydrogens is 492 g/mol. The van der Waals surface area contributed by atoms with Gasteiger partial charge in [-0.1, -0.05) is 52.3 Å². The average molecular weight is 525 g/mol. The molecule has 2 amide bonds. The number of amides is 2. The lowest BCUT2D eigenvalue weighted by molar-refractivity contribution is -0.131. The van der Waals surface area contributed by atoms with Gasteiger partial charge in [-0.25, -0.2) is 0 Å². The van der Waals surface area contributed by atoms with Crippen LogP contribution < -0.4 is 0 Å². The lowest BCUT2D eigenvalue weighted by atomic mass is 10.1. The van der Waals surface area contributed by atoms with E-state index < -0.39 is 0 Å². The highest BCUT2D eigenvalue weighted by atomic mass is 79.9. The van der Waals surface area contributed by atoms with E-state index in [4.69, 9.17) is 5.11 Å². The highest BCUT2D eigenvalue weighted by Crippen LogP contribution is 2.47. The Hall–Kier alpha value is -2.18. The fourth-order valence-corrected chi connectivity index (χ4v) is 6.11. The minimum atomic E-state index is 0.0822. The fraction of sp³-hybridized carbons (Fsp3) is 0.500. The van der Waals surface area contributed by atoms with E-state index in [2.05, 4.69) is 47.1 Å². The summed E-state index contributed by atoms with van der Waals surface area (Å²) in [6.45, 7) is 7.63. The van der Waals surface area contributed by atoms with E-state index in [1.807, 2.05) is 28.9 Å². The highest BCUT2D eigenvalue weighted by molar-refractivity contribution is 9.08. The Balaban J connectivity index is 0.000000142. The number of likely N-dealkylation sites (tertiary alicyclic amines) is 2. The molecule has 0 bridgehead atoms. The van der Waals surface area contributed by atoms with E-state index in [0.717, 1.165) is 61.0 Å². The number of alkyl halides is 1. The summed E-state index contributed by atoms with van der Waals surface area (Å²) < 4.78 is 0. The molecule has 2 aliphatic carbocycles. The first-order valence-electron chi connectivity index (χ1n) is 12.3. The number of piperidine rings is 2. The zero-order chi connectivity index (χ0) is 24.0.